The average molecular weight is 403 g/mol. The van der Waals surface area contributed by atoms with E-state index in [9.17, 15) is 23.3 Å². The second-order valence-electron chi connectivity index (χ2n) is 6.12. The summed E-state index contributed by atoms with van der Waals surface area (Å²) in [7, 11) is -3.54. The van der Waals surface area contributed by atoms with Crippen LogP contribution < -0.4 is 10.6 Å². The molecule has 0 atom stereocenters. The van der Waals surface area contributed by atoms with Gasteiger partial charge in [-0.15, -0.1) is 0 Å². The SMILES string of the molecule is C/C(=C\C(=O)NCCNc1ccc(S(C)(=O)=O)cc1[N+](=O)[O-])c1ccccc1. The smallest absolute Gasteiger partial charge is 0.293 e. The van der Waals surface area contributed by atoms with Gasteiger partial charge in [-0.3, -0.25) is 14.9 Å². The molecule has 0 fully saturated rings. The summed E-state index contributed by atoms with van der Waals surface area (Å²) >= 11 is 0. The molecule has 2 rings (SSSR count). The molecule has 2 aromatic carbocycles. The molecule has 8 nitrogen and oxygen atoms in total. The van der Waals surface area contributed by atoms with E-state index in [1.807, 2.05) is 37.3 Å². The van der Waals surface area contributed by atoms with Crippen molar-refractivity contribution in [1.82, 2.24) is 5.32 Å². The minimum absolute atomic E-state index is 0.125. The van der Waals surface area contributed by atoms with Crippen molar-refractivity contribution in [1.29, 1.82) is 0 Å². The molecule has 28 heavy (non-hydrogen) atoms. The number of amides is 1. The number of hydrogen-bond acceptors (Lipinski definition) is 6. The van der Waals surface area contributed by atoms with E-state index in [2.05, 4.69) is 10.6 Å². The van der Waals surface area contributed by atoms with Crippen molar-refractivity contribution in [3.63, 3.8) is 0 Å². The van der Waals surface area contributed by atoms with E-state index in [0.29, 0.717) is 0 Å². The summed E-state index contributed by atoms with van der Waals surface area (Å²) in [5.74, 6) is -0.273. The Kier molecular flexibility index (Phi) is 6.89. The molecule has 0 aliphatic heterocycles. The van der Waals surface area contributed by atoms with Crippen LogP contribution in [0.25, 0.3) is 5.57 Å². The van der Waals surface area contributed by atoms with Crippen LogP contribution in [0.1, 0.15) is 12.5 Å². The van der Waals surface area contributed by atoms with Crippen LogP contribution in [0.3, 0.4) is 0 Å². The Morgan fingerprint density at radius 2 is 1.82 bits per heavy atom. The Morgan fingerprint density at radius 3 is 2.43 bits per heavy atom. The molecule has 148 valence electrons. The highest BCUT2D eigenvalue weighted by Gasteiger charge is 2.18. The molecule has 0 radical (unpaired) electrons. The fourth-order valence-electron chi connectivity index (χ4n) is 2.46. The number of allylic oxidation sites excluding steroid dienone is 1. The van der Waals surface area contributed by atoms with Gasteiger partial charge in [0.15, 0.2) is 9.84 Å². The zero-order valence-corrected chi connectivity index (χ0v) is 16.3. The molecule has 0 aliphatic carbocycles. The Balaban J connectivity index is 1.94. The maximum atomic E-state index is 12.0. The quantitative estimate of drug-likeness (QED) is 0.303. The number of anilines is 1. The zero-order chi connectivity index (χ0) is 20.7. The fraction of sp³-hybridized carbons (Fsp3) is 0.211. The third-order valence-electron chi connectivity index (χ3n) is 3.91. The minimum Gasteiger partial charge on any atom is -0.378 e. The van der Waals surface area contributed by atoms with Gasteiger partial charge >= 0.3 is 0 Å². The summed E-state index contributed by atoms with van der Waals surface area (Å²) < 4.78 is 23.1. The summed E-state index contributed by atoms with van der Waals surface area (Å²) in [6.45, 7) is 2.31. The van der Waals surface area contributed by atoms with Crippen molar-refractivity contribution in [3.8, 4) is 0 Å². The molecule has 0 bridgehead atoms. The Bertz CT molecular complexity index is 1000. The van der Waals surface area contributed by atoms with Gasteiger partial charge < -0.3 is 10.6 Å². The lowest BCUT2D eigenvalue weighted by Crippen LogP contribution is -2.27. The van der Waals surface area contributed by atoms with Crippen LogP contribution in [0, 0.1) is 10.1 Å². The molecule has 0 spiro atoms. The lowest BCUT2D eigenvalue weighted by Gasteiger charge is -2.09. The Morgan fingerprint density at radius 1 is 1.14 bits per heavy atom. The monoisotopic (exact) mass is 403 g/mol. The summed E-state index contributed by atoms with van der Waals surface area (Å²) in [6.07, 6.45) is 2.47. The summed E-state index contributed by atoms with van der Waals surface area (Å²) in [6, 6.07) is 13.1. The number of hydrogen-bond donors (Lipinski definition) is 2. The van der Waals surface area contributed by atoms with Crippen LogP contribution in [0.15, 0.2) is 59.5 Å². The summed E-state index contributed by atoms with van der Waals surface area (Å²) in [4.78, 5) is 22.4. The van der Waals surface area contributed by atoms with Crippen LogP contribution in [0.4, 0.5) is 11.4 Å². The van der Waals surface area contributed by atoms with Crippen LogP contribution in [-0.4, -0.2) is 38.6 Å². The topological polar surface area (TPSA) is 118 Å². The third kappa shape index (κ3) is 5.92. The zero-order valence-electron chi connectivity index (χ0n) is 15.5. The molecule has 0 aromatic heterocycles. The van der Waals surface area contributed by atoms with Gasteiger partial charge in [0, 0.05) is 31.5 Å². The number of nitrogens with one attached hydrogen (secondary N) is 2. The number of carbonyl (C=O) groups excluding carboxylic acids is 1. The molecule has 9 heteroatoms. The second kappa shape index (κ2) is 9.14. The number of rotatable bonds is 8. The average Bonchev–Trinajstić information content (AvgIpc) is 2.65. The molecule has 2 aromatic rings. The van der Waals surface area contributed by atoms with Crippen LogP contribution in [0.2, 0.25) is 0 Å². The summed E-state index contributed by atoms with van der Waals surface area (Å²) in [5.41, 5.74) is 1.60. The number of benzene rings is 2. The van der Waals surface area contributed by atoms with Crippen molar-refractivity contribution in [2.24, 2.45) is 0 Å². The van der Waals surface area contributed by atoms with Crippen LogP contribution >= 0.6 is 0 Å². The van der Waals surface area contributed by atoms with Gasteiger partial charge in [-0.25, -0.2) is 8.42 Å². The lowest BCUT2D eigenvalue weighted by atomic mass is 10.1. The van der Waals surface area contributed by atoms with Gasteiger partial charge in [0.1, 0.15) is 5.69 Å². The van der Waals surface area contributed by atoms with Crippen molar-refractivity contribution in [2.75, 3.05) is 24.7 Å². The normalized spacial score (nSPS) is 11.7. The maximum absolute atomic E-state index is 12.0. The minimum atomic E-state index is -3.54. The fourth-order valence-corrected chi connectivity index (χ4v) is 3.10. The van der Waals surface area contributed by atoms with Crippen molar-refractivity contribution < 1.29 is 18.1 Å². The first-order valence-corrected chi connectivity index (χ1v) is 10.3. The molecule has 1 amide bonds. The first-order chi connectivity index (χ1) is 13.2. The van der Waals surface area contributed by atoms with E-state index in [0.717, 1.165) is 23.5 Å². The second-order valence-corrected chi connectivity index (χ2v) is 8.14. The molecule has 2 N–H and O–H groups in total. The van der Waals surface area contributed by atoms with E-state index in [4.69, 9.17) is 0 Å². The van der Waals surface area contributed by atoms with Gasteiger partial charge in [-0.05, 0) is 30.2 Å². The number of nitrogens with zero attached hydrogens (tertiary/aromatic N) is 1. The number of nitro groups is 1. The van der Waals surface area contributed by atoms with E-state index < -0.39 is 14.8 Å². The van der Waals surface area contributed by atoms with Gasteiger partial charge in [-0.1, -0.05) is 30.3 Å². The predicted octanol–water partition coefficient (Wildman–Crippen LogP) is 2.63. The number of carbonyl (C=O) groups is 1. The predicted molar refractivity (Wildman–Crippen MR) is 108 cm³/mol. The molecule has 0 heterocycles. The van der Waals surface area contributed by atoms with Gasteiger partial charge in [0.25, 0.3) is 5.69 Å². The highest BCUT2D eigenvalue weighted by molar-refractivity contribution is 7.90. The van der Waals surface area contributed by atoms with Gasteiger partial charge in [-0.2, -0.15) is 0 Å². The molecule has 0 aliphatic rings. The van der Waals surface area contributed by atoms with Crippen molar-refractivity contribution in [3.05, 3.63) is 70.3 Å². The first kappa shape index (κ1) is 21.1. The molecular weight excluding hydrogens is 382 g/mol. The summed E-state index contributed by atoms with van der Waals surface area (Å²) in [5, 5.41) is 16.7. The Labute approximate surface area is 163 Å². The largest absolute Gasteiger partial charge is 0.378 e. The molecular formula is C19H21N3O5S. The van der Waals surface area contributed by atoms with E-state index in [1.165, 1.54) is 18.2 Å². The van der Waals surface area contributed by atoms with Gasteiger partial charge in [0.2, 0.25) is 5.91 Å². The Hall–Kier alpha value is -3.20. The molecule has 0 saturated carbocycles. The standard InChI is InChI=1S/C19H21N3O5S/c1-14(15-6-4-3-5-7-15)12-19(23)21-11-10-20-17-9-8-16(28(2,26)27)13-18(17)22(24)25/h3-9,12-13,20H,10-11H2,1-2H3,(H,21,23)/b14-12+. The highest BCUT2D eigenvalue weighted by atomic mass is 32.2. The van der Waals surface area contributed by atoms with Crippen molar-refractivity contribution in [2.45, 2.75) is 11.8 Å². The first-order valence-electron chi connectivity index (χ1n) is 8.42. The lowest BCUT2D eigenvalue weighted by molar-refractivity contribution is -0.384. The molecule has 0 saturated heterocycles. The molecule has 0 unspecified atom stereocenters. The van der Waals surface area contributed by atoms with Gasteiger partial charge in [0.05, 0.1) is 9.82 Å². The highest BCUT2D eigenvalue weighted by Crippen LogP contribution is 2.27. The number of nitro benzene ring substituents is 1. The number of sulfone groups is 1. The van der Waals surface area contributed by atoms with E-state index in [1.54, 1.807) is 0 Å². The third-order valence-corrected chi connectivity index (χ3v) is 5.02. The van der Waals surface area contributed by atoms with E-state index in [-0.39, 0.29) is 35.3 Å². The maximum Gasteiger partial charge on any atom is 0.293 e. The van der Waals surface area contributed by atoms with Crippen LogP contribution in [-0.2, 0) is 14.6 Å². The van der Waals surface area contributed by atoms with Crippen LogP contribution in [0.5, 0.6) is 0 Å². The van der Waals surface area contributed by atoms with E-state index >= 15 is 0 Å². The van der Waals surface area contributed by atoms with Crippen molar-refractivity contribution >= 4 is 32.7 Å².